The van der Waals surface area contributed by atoms with Crippen molar-refractivity contribution in [1.29, 1.82) is 0 Å². The first-order chi connectivity index (χ1) is 13.0. The summed E-state index contributed by atoms with van der Waals surface area (Å²) in [6.45, 7) is 0. The van der Waals surface area contributed by atoms with Gasteiger partial charge in [-0.15, -0.1) is 0 Å². The van der Waals surface area contributed by atoms with Crippen molar-refractivity contribution >= 4 is 22.0 Å². The van der Waals surface area contributed by atoms with Crippen molar-refractivity contribution < 1.29 is 31.2 Å². The summed E-state index contributed by atoms with van der Waals surface area (Å²) in [6, 6.07) is 9.70. The second-order valence-electron chi connectivity index (χ2n) is 5.81. The molecule has 0 aliphatic carbocycles. The summed E-state index contributed by atoms with van der Waals surface area (Å²) in [6.07, 6.45) is -3.49. The Balaban J connectivity index is 2.10. The fraction of sp³-hybridized carbons (Fsp3) is 0.176. The Bertz CT molecular complexity index is 974. The zero-order valence-electron chi connectivity index (χ0n) is 14.5. The molecule has 150 valence electrons. The Morgan fingerprint density at radius 2 is 1.57 bits per heavy atom. The molecule has 0 heterocycles. The number of hydrogen-bond acceptors (Lipinski definition) is 4. The van der Waals surface area contributed by atoms with E-state index in [1.54, 1.807) is 22.9 Å². The minimum Gasteiger partial charge on any atom is -0.267 e. The average Bonchev–Trinajstić information content (AvgIpc) is 2.58. The Hall–Kier alpha value is -3.08. The van der Waals surface area contributed by atoms with Crippen LogP contribution >= 0.6 is 0 Å². The maximum absolute atomic E-state index is 12.6. The predicted molar refractivity (Wildman–Crippen MR) is 94.7 cm³/mol. The number of amides is 3. The van der Waals surface area contributed by atoms with Gasteiger partial charge in [0.25, 0.3) is 5.91 Å². The van der Waals surface area contributed by atoms with E-state index in [-0.39, 0.29) is 12.0 Å². The zero-order valence-corrected chi connectivity index (χ0v) is 15.3. The number of carbonyl (C=O) groups excluding carboxylic acids is 2. The van der Waals surface area contributed by atoms with E-state index in [1.165, 1.54) is 18.2 Å². The molecule has 0 aliphatic heterocycles. The molecule has 0 radical (unpaired) electrons. The molecule has 2 aromatic rings. The smallest absolute Gasteiger partial charge is 0.267 e. The SMILES string of the molecule is CS(=O)(=O)NC(=O)NNC(=O)c1ccccc1Cc1ccc(C(F)(F)F)cc1. The molecule has 0 saturated carbocycles. The predicted octanol–water partition coefficient (Wildman–Crippen LogP) is 2.20. The minimum atomic E-state index is -4.44. The molecule has 2 aromatic carbocycles. The quantitative estimate of drug-likeness (QED) is 0.666. The molecule has 0 atom stereocenters. The van der Waals surface area contributed by atoms with Gasteiger partial charge in [0.1, 0.15) is 0 Å². The Labute approximate surface area is 159 Å². The summed E-state index contributed by atoms with van der Waals surface area (Å²) in [4.78, 5) is 23.6. The van der Waals surface area contributed by atoms with Gasteiger partial charge in [-0.1, -0.05) is 30.3 Å². The van der Waals surface area contributed by atoms with Crippen LogP contribution in [-0.4, -0.2) is 26.6 Å². The van der Waals surface area contributed by atoms with Gasteiger partial charge in [-0.3, -0.25) is 10.2 Å². The van der Waals surface area contributed by atoms with Crippen LogP contribution in [0.4, 0.5) is 18.0 Å². The lowest BCUT2D eigenvalue weighted by atomic mass is 9.98. The van der Waals surface area contributed by atoms with E-state index < -0.39 is 33.7 Å². The number of urea groups is 1. The average molecular weight is 415 g/mol. The molecule has 0 fully saturated rings. The number of rotatable bonds is 4. The van der Waals surface area contributed by atoms with Crippen molar-refractivity contribution in [2.45, 2.75) is 12.6 Å². The number of halogens is 3. The number of hydrazine groups is 1. The van der Waals surface area contributed by atoms with Gasteiger partial charge in [-0.25, -0.2) is 23.4 Å². The molecule has 0 unspecified atom stereocenters. The summed E-state index contributed by atoms with van der Waals surface area (Å²) < 4.78 is 61.4. The highest BCUT2D eigenvalue weighted by Gasteiger charge is 2.29. The molecule has 28 heavy (non-hydrogen) atoms. The summed E-state index contributed by atoms with van der Waals surface area (Å²) in [5, 5.41) is 0. The van der Waals surface area contributed by atoms with Crippen LogP contribution in [0.15, 0.2) is 48.5 Å². The van der Waals surface area contributed by atoms with Crippen molar-refractivity contribution in [3.8, 4) is 0 Å². The topological polar surface area (TPSA) is 104 Å². The van der Waals surface area contributed by atoms with Gasteiger partial charge in [0.2, 0.25) is 10.0 Å². The van der Waals surface area contributed by atoms with E-state index in [2.05, 4.69) is 5.43 Å². The van der Waals surface area contributed by atoms with Crippen LogP contribution < -0.4 is 15.6 Å². The fourth-order valence-corrected chi connectivity index (χ4v) is 2.69. The maximum Gasteiger partial charge on any atom is 0.416 e. The Morgan fingerprint density at radius 1 is 0.964 bits per heavy atom. The Kier molecular flexibility index (Phi) is 6.29. The summed E-state index contributed by atoms with van der Waals surface area (Å²) in [5.41, 5.74) is 4.41. The van der Waals surface area contributed by atoms with Crippen LogP contribution in [-0.2, 0) is 22.6 Å². The van der Waals surface area contributed by atoms with Crippen molar-refractivity contribution in [2.75, 3.05) is 6.26 Å². The normalized spacial score (nSPS) is 11.6. The molecule has 11 heteroatoms. The fourth-order valence-electron chi connectivity index (χ4n) is 2.30. The number of hydrogen-bond donors (Lipinski definition) is 3. The van der Waals surface area contributed by atoms with E-state index in [0.29, 0.717) is 11.1 Å². The highest BCUT2D eigenvalue weighted by atomic mass is 32.2. The van der Waals surface area contributed by atoms with Gasteiger partial charge >= 0.3 is 12.2 Å². The molecular formula is C17H16F3N3O4S. The van der Waals surface area contributed by atoms with Gasteiger partial charge < -0.3 is 0 Å². The monoisotopic (exact) mass is 415 g/mol. The highest BCUT2D eigenvalue weighted by Crippen LogP contribution is 2.29. The number of nitrogens with one attached hydrogen (secondary N) is 3. The first-order valence-electron chi connectivity index (χ1n) is 7.78. The second kappa shape index (κ2) is 8.30. The third kappa shape index (κ3) is 6.27. The van der Waals surface area contributed by atoms with Gasteiger partial charge in [-0.05, 0) is 35.7 Å². The summed E-state index contributed by atoms with van der Waals surface area (Å²) >= 11 is 0. The molecular weight excluding hydrogens is 399 g/mol. The molecule has 2 rings (SSSR count). The molecule has 0 bridgehead atoms. The summed E-state index contributed by atoms with van der Waals surface area (Å²) in [5.74, 6) is -0.717. The second-order valence-corrected chi connectivity index (χ2v) is 7.56. The van der Waals surface area contributed by atoms with E-state index in [9.17, 15) is 31.2 Å². The van der Waals surface area contributed by atoms with Gasteiger partial charge in [0, 0.05) is 5.56 Å². The standard InChI is InChI=1S/C17H16F3N3O4S/c1-28(26,27)23-16(25)22-21-15(24)14-5-3-2-4-12(14)10-11-6-8-13(9-7-11)17(18,19)20/h2-9H,10H2,1H3,(H,21,24)(H2,22,23,25). The number of benzene rings is 2. The first kappa shape index (κ1) is 21.2. The van der Waals surface area contributed by atoms with E-state index in [1.807, 2.05) is 5.43 Å². The lowest BCUT2D eigenvalue weighted by Crippen LogP contribution is -2.48. The number of sulfonamides is 1. The lowest BCUT2D eigenvalue weighted by Gasteiger charge is -2.12. The van der Waals surface area contributed by atoms with E-state index >= 15 is 0 Å². The van der Waals surface area contributed by atoms with Gasteiger partial charge in [0.15, 0.2) is 0 Å². The van der Waals surface area contributed by atoms with Gasteiger partial charge in [-0.2, -0.15) is 13.2 Å². The van der Waals surface area contributed by atoms with Crippen molar-refractivity contribution in [3.63, 3.8) is 0 Å². The molecule has 0 spiro atoms. The number of alkyl halides is 3. The van der Waals surface area contributed by atoms with Crippen LogP contribution in [0.2, 0.25) is 0 Å². The molecule has 0 aromatic heterocycles. The van der Waals surface area contributed by atoms with Gasteiger partial charge in [0.05, 0.1) is 11.8 Å². The molecule has 0 saturated heterocycles. The van der Waals surface area contributed by atoms with Crippen LogP contribution in [0.25, 0.3) is 0 Å². The molecule has 3 amide bonds. The van der Waals surface area contributed by atoms with Crippen molar-refractivity contribution in [1.82, 2.24) is 15.6 Å². The van der Waals surface area contributed by atoms with Crippen molar-refractivity contribution in [2.24, 2.45) is 0 Å². The van der Waals surface area contributed by atoms with Crippen LogP contribution in [0.5, 0.6) is 0 Å². The summed E-state index contributed by atoms with van der Waals surface area (Å²) in [7, 11) is -3.79. The van der Waals surface area contributed by atoms with Crippen molar-refractivity contribution in [3.05, 3.63) is 70.8 Å². The highest BCUT2D eigenvalue weighted by molar-refractivity contribution is 7.89. The molecule has 0 aliphatic rings. The third-order valence-electron chi connectivity index (χ3n) is 3.51. The molecule has 3 N–H and O–H groups in total. The number of carbonyl (C=O) groups is 2. The van der Waals surface area contributed by atoms with Crippen LogP contribution in [0.3, 0.4) is 0 Å². The van der Waals surface area contributed by atoms with E-state index in [0.717, 1.165) is 18.4 Å². The van der Waals surface area contributed by atoms with Crippen LogP contribution in [0, 0.1) is 0 Å². The maximum atomic E-state index is 12.6. The zero-order chi connectivity index (χ0) is 20.9. The van der Waals surface area contributed by atoms with E-state index in [4.69, 9.17) is 0 Å². The van der Waals surface area contributed by atoms with Crippen LogP contribution in [0.1, 0.15) is 27.0 Å². The molecule has 7 nitrogen and oxygen atoms in total. The lowest BCUT2D eigenvalue weighted by molar-refractivity contribution is -0.137. The minimum absolute atomic E-state index is 0.169. The third-order valence-corrected chi connectivity index (χ3v) is 4.06. The first-order valence-corrected chi connectivity index (χ1v) is 9.67. The largest absolute Gasteiger partial charge is 0.416 e. The Morgan fingerprint density at radius 3 is 2.14 bits per heavy atom.